The van der Waals surface area contributed by atoms with Crippen LogP contribution < -0.4 is 5.32 Å². The Morgan fingerprint density at radius 3 is 2.45 bits per heavy atom. The first-order valence-electron chi connectivity index (χ1n) is 13.8. The highest BCUT2D eigenvalue weighted by atomic mass is 16.6. The Morgan fingerprint density at radius 2 is 1.71 bits per heavy atom. The van der Waals surface area contributed by atoms with E-state index in [-0.39, 0.29) is 23.6 Å². The van der Waals surface area contributed by atoms with Crippen LogP contribution in [0, 0.1) is 17.0 Å². The lowest BCUT2D eigenvalue weighted by atomic mass is 9.92. The van der Waals surface area contributed by atoms with Gasteiger partial charge in [-0.05, 0) is 90.6 Å². The van der Waals surface area contributed by atoms with E-state index in [9.17, 15) is 19.7 Å². The number of carbonyl (C=O) groups is 2. The zero-order valence-corrected chi connectivity index (χ0v) is 23.5. The summed E-state index contributed by atoms with van der Waals surface area (Å²) in [6, 6.07) is 25.6. The number of nitrogens with zero attached hydrogens (tertiary/aromatic N) is 2. The molecule has 0 aliphatic carbocycles. The van der Waals surface area contributed by atoms with E-state index in [1.807, 2.05) is 56.3 Å². The number of fused-ring (bicyclic) bond motifs is 8. The SMILES string of the molecule is CCOC(=O)c1cc2cc(c1)-c1c(C)c3cc(C(=O)N[C@@H](C)c4ccc([N+](=O)[O-])cc4)ccc3n1Cc1ccccc1-2. The highest BCUT2D eigenvalue weighted by molar-refractivity contribution is 6.02. The van der Waals surface area contributed by atoms with Gasteiger partial charge in [0.15, 0.2) is 0 Å². The molecule has 1 N–H and O–H groups in total. The molecule has 1 amide bonds. The van der Waals surface area contributed by atoms with Gasteiger partial charge in [0.2, 0.25) is 0 Å². The van der Waals surface area contributed by atoms with Crippen molar-refractivity contribution in [3.05, 3.63) is 123 Å². The fraction of sp³-hybridized carbons (Fsp3) is 0.176. The number of nitrogens with one attached hydrogen (secondary N) is 1. The topological polar surface area (TPSA) is 103 Å². The summed E-state index contributed by atoms with van der Waals surface area (Å²) in [5.74, 6) is -0.599. The van der Waals surface area contributed by atoms with Crippen LogP contribution in [0.25, 0.3) is 33.3 Å². The molecule has 1 aliphatic rings. The summed E-state index contributed by atoms with van der Waals surface area (Å²) < 4.78 is 7.59. The number of rotatable bonds is 6. The van der Waals surface area contributed by atoms with Crippen molar-refractivity contribution in [2.75, 3.05) is 6.61 Å². The summed E-state index contributed by atoms with van der Waals surface area (Å²) in [6.07, 6.45) is 0. The van der Waals surface area contributed by atoms with E-state index < -0.39 is 4.92 Å². The molecule has 4 aromatic carbocycles. The zero-order valence-electron chi connectivity index (χ0n) is 23.5. The van der Waals surface area contributed by atoms with Crippen molar-refractivity contribution in [3.63, 3.8) is 0 Å². The number of non-ortho nitro benzene ring substituents is 1. The first-order chi connectivity index (χ1) is 20.2. The van der Waals surface area contributed by atoms with Crippen LogP contribution in [-0.4, -0.2) is 28.0 Å². The van der Waals surface area contributed by atoms with Gasteiger partial charge in [-0.15, -0.1) is 0 Å². The van der Waals surface area contributed by atoms with Crippen LogP contribution in [-0.2, 0) is 11.3 Å². The molecule has 6 rings (SSSR count). The van der Waals surface area contributed by atoms with E-state index >= 15 is 0 Å². The largest absolute Gasteiger partial charge is 0.462 e. The molecule has 2 bridgehead atoms. The minimum absolute atomic E-state index is 0.00464. The van der Waals surface area contributed by atoms with Gasteiger partial charge in [0.25, 0.3) is 11.6 Å². The molecule has 0 unspecified atom stereocenters. The Labute approximate surface area is 242 Å². The molecule has 8 nitrogen and oxygen atoms in total. The standard InChI is InChI=1S/C34H29N3O5/c1-4-42-34(39)27-16-25-15-26(17-27)32-20(2)30-18-23(11-14-31(30)36(32)19-24-7-5-6-8-29(24)25)33(38)35-21(3)22-9-12-28(13-10-22)37(40)41/h5-18,21H,4,19H2,1-3H3,(H,35,38)/t21-/m0/s1. The van der Waals surface area contributed by atoms with Gasteiger partial charge in [-0.2, -0.15) is 0 Å². The Kier molecular flexibility index (Phi) is 6.82. The smallest absolute Gasteiger partial charge is 0.338 e. The fourth-order valence-electron chi connectivity index (χ4n) is 5.81. The lowest BCUT2D eigenvalue weighted by molar-refractivity contribution is -0.384. The predicted octanol–water partition coefficient (Wildman–Crippen LogP) is 7.22. The molecule has 1 aliphatic heterocycles. The number of amides is 1. The summed E-state index contributed by atoms with van der Waals surface area (Å²) in [5, 5.41) is 14.9. The summed E-state index contributed by atoms with van der Waals surface area (Å²) in [7, 11) is 0. The number of esters is 1. The van der Waals surface area contributed by atoms with Crippen LogP contribution in [0.4, 0.5) is 5.69 Å². The third-order valence-corrected chi connectivity index (χ3v) is 7.90. The third-order valence-electron chi connectivity index (χ3n) is 7.90. The lowest BCUT2D eigenvalue weighted by Gasteiger charge is -2.20. The first kappa shape index (κ1) is 27.0. The summed E-state index contributed by atoms with van der Waals surface area (Å²) >= 11 is 0. The van der Waals surface area contributed by atoms with Gasteiger partial charge in [-0.3, -0.25) is 14.9 Å². The maximum Gasteiger partial charge on any atom is 0.338 e. The van der Waals surface area contributed by atoms with Gasteiger partial charge in [0.1, 0.15) is 0 Å². The molecule has 5 aromatic rings. The van der Waals surface area contributed by atoms with E-state index in [0.717, 1.165) is 50.0 Å². The maximum absolute atomic E-state index is 13.3. The second-order valence-electron chi connectivity index (χ2n) is 10.5. The molecule has 8 heteroatoms. The van der Waals surface area contributed by atoms with Crippen LogP contribution in [0.2, 0.25) is 0 Å². The molecule has 42 heavy (non-hydrogen) atoms. The molecule has 210 valence electrons. The lowest BCUT2D eigenvalue weighted by Crippen LogP contribution is -2.26. The van der Waals surface area contributed by atoms with E-state index in [2.05, 4.69) is 28.1 Å². The number of ether oxygens (including phenoxy) is 1. The van der Waals surface area contributed by atoms with Crippen molar-refractivity contribution in [1.29, 1.82) is 0 Å². The molecule has 0 radical (unpaired) electrons. The Morgan fingerprint density at radius 1 is 0.976 bits per heavy atom. The summed E-state index contributed by atoms with van der Waals surface area (Å²) in [4.78, 5) is 36.7. The monoisotopic (exact) mass is 559 g/mol. The maximum atomic E-state index is 13.3. The van der Waals surface area contributed by atoms with Gasteiger partial charge in [0.05, 0.1) is 28.8 Å². The highest BCUT2D eigenvalue weighted by Gasteiger charge is 2.24. The Bertz CT molecular complexity index is 1890. The number of aryl methyl sites for hydroxylation is 1. The number of hydrogen-bond acceptors (Lipinski definition) is 5. The highest BCUT2D eigenvalue weighted by Crippen LogP contribution is 2.40. The molecule has 2 heterocycles. The predicted molar refractivity (Wildman–Crippen MR) is 162 cm³/mol. The molecule has 1 atom stereocenters. The van der Waals surface area contributed by atoms with Crippen LogP contribution in [0.3, 0.4) is 0 Å². The number of benzene rings is 4. The molecular weight excluding hydrogens is 530 g/mol. The van der Waals surface area contributed by atoms with Crippen molar-refractivity contribution >= 4 is 28.5 Å². The number of aromatic nitrogens is 1. The van der Waals surface area contributed by atoms with Crippen molar-refractivity contribution in [2.45, 2.75) is 33.4 Å². The van der Waals surface area contributed by atoms with Gasteiger partial charge >= 0.3 is 5.97 Å². The van der Waals surface area contributed by atoms with E-state index in [1.54, 1.807) is 19.1 Å². The minimum atomic E-state index is -0.446. The van der Waals surface area contributed by atoms with Crippen LogP contribution in [0.1, 0.15) is 57.3 Å². The van der Waals surface area contributed by atoms with Crippen molar-refractivity contribution in [1.82, 2.24) is 9.88 Å². The molecule has 0 saturated carbocycles. The van der Waals surface area contributed by atoms with E-state index in [1.165, 1.54) is 12.1 Å². The molecule has 0 saturated heterocycles. The molecule has 0 spiro atoms. The van der Waals surface area contributed by atoms with Crippen LogP contribution >= 0.6 is 0 Å². The van der Waals surface area contributed by atoms with Crippen molar-refractivity contribution in [3.8, 4) is 22.4 Å². The second-order valence-corrected chi connectivity index (χ2v) is 10.5. The van der Waals surface area contributed by atoms with Crippen molar-refractivity contribution in [2.24, 2.45) is 0 Å². The molecule has 1 aromatic heterocycles. The molecule has 0 fully saturated rings. The quantitative estimate of drug-likeness (QED) is 0.132. The Balaban J connectivity index is 1.41. The van der Waals surface area contributed by atoms with E-state index in [4.69, 9.17) is 4.74 Å². The second kappa shape index (κ2) is 10.6. The number of carbonyl (C=O) groups excluding carboxylic acids is 2. The van der Waals surface area contributed by atoms with Gasteiger partial charge < -0.3 is 14.6 Å². The first-order valence-corrected chi connectivity index (χ1v) is 13.8. The fourth-order valence-corrected chi connectivity index (χ4v) is 5.81. The third kappa shape index (κ3) is 4.71. The van der Waals surface area contributed by atoms with E-state index in [0.29, 0.717) is 24.3 Å². The zero-order chi connectivity index (χ0) is 29.5. The minimum Gasteiger partial charge on any atom is -0.462 e. The normalized spacial score (nSPS) is 12.5. The Hall–Kier alpha value is -5.24. The van der Waals surface area contributed by atoms with Gasteiger partial charge in [-0.1, -0.05) is 36.4 Å². The van der Waals surface area contributed by atoms with Crippen LogP contribution in [0.15, 0.2) is 84.9 Å². The number of nitro groups is 1. The van der Waals surface area contributed by atoms with Gasteiger partial charge in [-0.25, -0.2) is 4.79 Å². The summed E-state index contributed by atoms with van der Waals surface area (Å²) in [6.45, 7) is 6.61. The number of hydrogen-bond donors (Lipinski definition) is 1. The summed E-state index contributed by atoms with van der Waals surface area (Å²) in [5.41, 5.74) is 8.84. The average Bonchev–Trinajstić information content (AvgIpc) is 3.26. The molecular formula is C34H29N3O5. The van der Waals surface area contributed by atoms with Gasteiger partial charge in [0, 0.05) is 35.1 Å². The number of nitro benzene ring substituents is 1. The van der Waals surface area contributed by atoms with Crippen molar-refractivity contribution < 1.29 is 19.2 Å². The average molecular weight is 560 g/mol. The van der Waals surface area contributed by atoms with Crippen LogP contribution in [0.5, 0.6) is 0 Å².